The number of methoxy groups -OCH3 is 1. The van der Waals surface area contributed by atoms with Gasteiger partial charge in [-0.3, -0.25) is 9.78 Å². The number of carbonyl (C=O) groups excluding carboxylic acids is 1. The number of aromatic hydroxyl groups is 1. The van der Waals surface area contributed by atoms with Gasteiger partial charge in [0.05, 0.1) is 28.9 Å². The molecule has 0 amide bonds. The Hall–Kier alpha value is -2.54. The van der Waals surface area contributed by atoms with Gasteiger partial charge in [-0.15, -0.1) is 12.4 Å². The number of fused-ring (bicyclic) bond motifs is 1. The van der Waals surface area contributed by atoms with Gasteiger partial charge in [0.15, 0.2) is 17.3 Å². The van der Waals surface area contributed by atoms with Crippen LogP contribution in [0.5, 0.6) is 11.5 Å². The van der Waals surface area contributed by atoms with Crippen molar-refractivity contribution in [2.24, 2.45) is 5.92 Å². The minimum absolute atomic E-state index is 0. The molecule has 2 N–H and O–H groups in total. The van der Waals surface area contributed by atoms with Crippen LogP contribution in [0.2, 0.25) is 5.02 Å². The SMILES string of the molecule is CCN(CC)CC1CCC(Nc2c(C(C)=O)cnc3ccc(-c4cc(Cl)c(O)c(OC)c4)cc23)CC1.Cl. The molecule has 0 unspecified atom stereocenters. The van der Waals surface area contributed by atoms with Gasteiger partial charge in [0.1, 0.15) is 0 Å². The molecule has 37 heavy (non-hydrogen) atoms. The summed E-state index contributed by atoms with van der Waals surface area (Å²) in [5, 5.41) is 15.0. The fourth-order valence-electron chi connectivity index (χ4n) is 5.23. The van der Waals surface area contributed by atoms with Crippen LogP contribution in [-0.2, 0) is 0 Å². The molecule has 4 rings (SSSR count). The predicted octanol–water partition coefficient (Wildman–Crippen LogP) is 7.21. The molecule has 8 heteroatoms. The summed E-state index contributed by atoms with van der Waals surface area (Å²) in [6.45, 7) is 9.40. The number of pyridine rings is 1. The lowest BCUT2D eigenvalue weighted by atomic mass is 9.85. The number of Topliss-reactive ketones (excluding diaryl/α,β-unsaturated/α-hetero) is 1. The standard InChI is InChI=1S/C29H36ClN3O3.ClH/c1-5-33(6-2)17-19-7-10-22(11-8-19)32-28-23-13-20(9-12-26(23)31-16-24(28)18(3)34)21-14-25(30)29(35)27(15-21)36-4;/h9,12-16,19,22,35H,5-8,10-11,17H2,1-4H3,(H,31,32);1H. The largest absolute Gasteiger partial charge is 0.503 e. The van der Waals surface area contributed by atoms with Crippen molar-refractivity contribution in [3.63, 3.8) is 0 Å². The molecule has 1 heterocycles. The summed E-state index contributed by atoms with van der Waals surface area (Å²) in [6, 6.07) is 9.74. The van der Waals surface area contributed by atoms with E-state index >= 15 is 0 Å². The highest BCUT2D eigenvalue weighted by Crippen LogP contribution is 2.40. The second-order valence-corrected chi connectivity index (χ2v) is 10.1. The molecule has 0 spiro atoms. The van der Waals surface area contributed by atoms with Crippen LogP contribution in [0.3, 0.4) is 0 Å². The van der Waals surface area contributed by atoms with E-state index in [1.54, 1.807) is 25.3 Å². The third-order valence-corrected chi connectivity index (χ3v) is 7.72. The van der Waals surface area contributed by atoms with Crippen LogP contribution >= 0.6 is 24.0 Å². The molecular formula is C29H37Cl2N3O3. The number of nitrogens with zero attached hydrogens (tertiary/aromatic N) is 2. The number of ether oxygens (including phenoxy) is 1. The minimum Gasteiger partial charge on any atom is -0.503 e. The van der Waals surface area contributed by atoms with E-state index in [1.165, 1.54) is 26.5 Å². The van der Waals surface area contributed by atoms with Gasteiger partial charge in [0.25, 0.3) is 0 Å². The lowest BCUT2D eigenvalue weighted by Crippen LogP contribution is -2.34. The van der Waals surface area contributed by atoms with Crippen molar-refractivity contribution >= 4 is 46.4 Å². The van der Waals surface area contributed by atoms with Crippen LogP contribution in [-0.4, -0.2) is 53.6 Å². The van der Waals surface area contributed by atoms with Crippen molar-refractivity contribution < 1.29 is 14.6 Å². The number of ketones is 1. The van der Waals surface area contributed by atoms with Gasteiger partial charge in [-0.25, -0.2) is 0 Å². The zero-order valence-electron chi connectivity index (χ0n) is 22.0. The first-order valence-corrected chi connectivity index (χ1v) is 13.2. The summed E-state index contributed by atoms with van der Waals surface area (Å²) in [7, 11) is 1.50. The van der Waals surface area contributed by atoms with Crippen LogP contribution in [0.4, 0.5) is 5.69 Å². The van der Waals surface area contributed by atoms with Gasteiger partial charge in [-0.05, 0) is 87.0 Å². The topological polar surface area (TPSA) is 74.7 Å². The molecule has 1 aliphatic rings. The van der Waals surface area contributed by atoms with Crippen LogP contribution in [0.15, 0.2) is 36.5 Å². The van der Waals surface area contributed by atoms with Crippen LogP contribution in [0, 0.1) is 5.92 Å². The van der Waals surface area contributed by atoms with E-state index in [1.807, 2.05) is 18.2 Å². The molecule has 1 aliphatic carbocycles. The van der Waals surface area contributed by atoms with Crippen molar-refractivity contribution in [1.82, 2.24) is 9.88 Å². The fraction of sp³-hybridized carbons (Fsp3) is 0.448. The van der Waals surface area contributed by atoms with E-state index in [-0.39, 0.29) is 29.0 Å². The quantitative estimate of drug-likeness (QED) is 0.277. The molecule has 0 bridgehead atoms. The zero-order chi connectivity index (χ0) is 25.8. The summed E-state index contributed by atoms with van der Waals surface area (Å²) in [6.07, 6.45) is 6.21. The van der Waals surface area contributed by atoms with Crippen LogP contribution < -0.4 is 10.1 Å². The Morgan fingerprint density at radius 1 is 1.14 bits per heavy atom. The Labute approximate surface area is 230 Å². The summed E-state index contributed by atoms with van der Waals surface area (Å²) in [4.78, 5) is 19.6. The highest BCUT2D eigenvalue weighted by molar-refractivity contribution is 6.32. The Morgan fingerprint density at radius 3 is 2.46 bits per heavy atom. The number of aromatic nitrogens is 1. The molecule has 200 valence electrons. The summed E-state index contributed by atoms with van der Waals surface area (Å²) in [5.41, 5.74) is 3.98. The lowest BCUT2D eigenvalue weighted by molar-refractivity contribution is 0.101. The second kappa shape index (κ2) is 12.8. The van der Waals surface area contributed by atoms with Gasteiger partial charge in [-0.2, -0.15) is 0 Å². The van der Waals surface area contributed by atoms with Crippen molar-refractivity contribution in [1.29, 1.82) is 0 Å². The molecule has 3 aromatic rings. The van der Waals surface area contributed by atoms with Gasteiger partial charge in [0, 0.05) is 24.2 Å². The molecule has 6 nitrogen and oxygen atoms in total. The Balaban J connectivity index is 0.00000380. The second-order valence-electron chi connectivity index (χ2n) is 9.69. The number of nitrogens with one attached hydrogen (secondary N) is 1. The lowest BCUT2D eigenvalue weighted by Gasteiger charge is -2.33. The Bertz CT molecular complexity index is 1240. The highest BCUT2D eigenvalue weighted by atomic mass is 35.5. The summed E-state index contributed by atoms with van der Waals surface area (Å²) < 4.78 is 5.29. The van der Waals surface area contributed by atoms with Crippen molar-refractivity contribution in [3.8, 4) is 22.6 Å². The van der Waals surface area contributed by atoms with Gasteiger partial charge in [-0.1, -0.05) is 31.5 Å². The zero-order valence-corrected chi connectivity index (χ0v) is 23.6. The summed E-state index contributed by atoms with van der Waals surface area (Å²) >= 11 is 6.25. The number of benzene rings is 2. The van der Waals surface area contributed by atoms with E-state index in [0.29, 0.717) is 17.4 Å². The molecule has 1 saturated carbocycles. The molecule has 0 aliphatic heterocycles. The molecule has 1 fully saturated rings. The number of hydrogen-bond acceptors (Lipinski definition) is 6. The Kier molecular flexibility index (Phi) is 10.0. The van der Waals surface area contributed by atoms with Crippen LogP contribution in [0.1, 0.15) is 56.8 Å². The maximum absolute atomic E-state index is 12.6. The van der Waals surface area contributed by atoms with E-state index in [0.717, 1.165) is 59.6 Å². The monoisotopic (exact) mass is 545 g/mol. The predicted molar refractivity (Wildman–Crippen MR) is 155 cm³/mol. The number of anilines is 1. The first-order valence-electron chi connectivity index (χ1n) is 12.8. The molecular weight excluding hydrogens is 509 g/mol. The molecule has 1 aromatic heterocycles. The van der Waals surface area contributed by atoms with E-state index in [4.69, 9.17) is 16.3 Å². The van der Waals surface area contributed by atoms with Crippen molar-refractivity contribution in [2.75, 3.05) is 32.1 Å². The first-order chi connectivity index (χ1) is 17.3. The van der Waals surface area contributed by atoms with E-state index in [2.05, 4.69) is 29.0 Å². The number of hydrogen-bond donors (Lipinski definition) is 2. The fourth-order valence-corrected chi connectivity index (χ4v) is 5.44. The minimum atomic E-state index is -0.0804. The third kappa shape index (κ3) is 6.49. The van der Waals surface area contributed by atoms with Crippen LogP contribution in [0.25, 0.3) is 22.0 Å². The number of halogens is 2. The third-order valence-electron chi connectivity index (χ3n) is 7.43. The molecule has 2 aromatic carbocycles. The number of phenols is 1. The van der Waals surface area contributed by atoms with Crippen molar-refractivity contribution in [2.45, 2.75) is 52.5 Å². The van der Waals surface area contributed by atoms with E-state index < -0.39 is 0 Å². The maximum Gasteiger partial charge on any atom is 0.176 e. The maximum atomic E-state index is 12.6. The number of rotatable bonds is 9. The van der Waals surface area contributed by atoms with Crippen molar-refractivity contribution in [3.05, 3.63) is 47.1 Å². The molecule has 0 radical (unpaired) electrons. The normalized spacial score (nSPS) is 17.5. The molecule has 0 atom stereocenters. The average Bonchev–Trinajstić information content (AvgIpc) is 2.89. The Morgan fingerprint density at radius 2 is 1.84 bits per heavy atom. The first kappa shape index (κ1) is 29.0. The summed E-state index contributed by atoms with van der Waals surface area (Å²) in [5.74, 6) is 0.948. The highest BCUT2D eigenvalue weighted by Gasteiger charge is 2.24. The van der Waals surface area contributed by atoms with Gasteiger partial charge >= 0.3 is 0 Å². The number of phenolic OH excluding ortho intramolecular Hbond substituents is 1. The smallest absolute Gasteiger partial charge is 0.176 e. The molecule has 0 saturated heterocycles. The number of carbonyl (C=O) groups is 1. The van der Waals surface area contributed by atoms with Gasteiger partial charge < -0.3 is 20.1 Å². The van der Waals surface area contributed by atoms with Gasteiger partial charge in [0.2, 0.25) is 0 Å². The average molecular weight is 547 g/mol. The van der Waals surface area contributed by atoms with E-state index in [9.17, 15) is 9.90 Å².